The lowest BCUT2D eigenvalue weighted by molar-refractivity contribution is 0.102. The summed E-state index contributed by atoms with van der Waals surface area (Å²) in [4.78, 5) is 18.0. The topological polar surface area (TPSA) is 54.0 Å². The van der Waals surface area contributed by atoms with Crippen LogP contribution in [0, 0.1) is 6.92 Å². The minimum absolute atomic E-state index is 0.125. The number of hydrogen-bond acceptors (Lipinski definition) is 4. The number of anilines is 1. The third kappa shape index (κ3) is 2.77. The highest BCUT2D eigenvalue weighted by Gasteiger charge is 2.17. The van der Waals surface area contributed by atoms with E-state index < -0.39 is 0 Å². The first kappa shape index (κ1) is 13.7. The number of carbonyl (C=O) groups is 1. The molecule has 1 amide bonds. The quantitative estimate of drug-likeness (QED) is 0.873. The van der Waals surface area contributed by atoms with Gasteiger partial charge in [-0.3, -0.25) is 10.1 Å². The molecule has 0 aliphatic carbocycles. The van der Waals surface area contributed by atoms with E-state index in [4.69, 9.17) is 0 Å². The Balaban J connectivity index is 1.82. The highest BCUT2D eigenvalue weighted by molar-refractivity contribution is 9.10. The highest BCUT2D eigenvalue weighted by Crippen LogP contribution is 2.26. The molecule has 0 fully saturated rings. The normalized spacial score (nSPS) is 13.9. The monoisotopic (exact) mass is 351 g/mol. The molecule has 0 saturated heterocycles. The first-order valence-electron chi connectivity index (χ1n) is 6.40. The van der Waals surface area contributed by atoms with Crippen molar-refractivity contribution in [2.45, 2.75) is 19.9 Å². The van der Waals surface area contributed by atoms with Gasteiger partial charge in [0.2, 0.25) is 0 Å². The lowest BCUT2D eigenvalue weighted by Gasteiger charge is -2.09. The van der Waals surface area contributed by atoms with Crippen molar-refractivity contribution in [3.8, 4) is 0 Å². The number of aromatic nitrogens is 1. The second kappa shape index (κ2) is 5.63. The Hall–Kier alpha value is -1.24. The van der Waals surface area contributed by atoms with Crippen LogP contribution in [-0.2, 0) is 13.0 Å². The number of carbonyl (C=O) groups excluding carboxylic acids is 1. The van der Waals surface area contributed by atoms with Crippen LogP contribution in [0.4, 0.5) is 5.13 Å². The van der Waals surface area contributed by atoms with Crippen molar-refractivity contribution in [1.82, 2.24) is 10.3 Å². The maximum atomic E-state index is 12.3. The number of amides is 1. The van der Waals surface area contributed by atoms with E-state index in [1.54, 1.807) is 11.3 Å². The maximum Gasteiger partial charge on any atom is 0.258 e. The summed E-state index contributed by atoms with van der Waals surface area (Å²) >= 11 is 4.96. The molecule has 1 aliphatic rings. The molecule has 0 unspecified atom stereocenters. The molecule has 0 bridgehead atoms. The molecule has 0 radical (unpaired) electrons. The van der Waals surface area contributed by atoms with Gasteiger partial charge in [-0.2, -0.15) is 0 Å². The summed E-state index contributed by atoms with van der Waals surface area (Å²) in [5.74, 6) is -0.125. The third-order valence-corrected chi connectivity index (χ3v) is 4.89. The van der Waals surface area contributed by atoms with Gasteiger partial charge in [0.25, 0.3) is 5.91 Å². The average molecular weight is 352 g/mol. The molecule has 20 heavy (non-hydrogen) atoms. The molecule has 2 heterocycles. The van der Waals surface area contributed by atoms with Crippen molar-refractivity contribution >= 4 is 38.3 Å². The maximum absolute atomic E-state index is 12.3. The van der Waals surface area contributed by atoms with Crippen LogP contribution in [-0.4, -0.2) is 17.4 Å². The van der Waals surface area contributed by atoms with Gasteiger partial charge in [0.15, 0.2) is 5.13 Å². The average Bonchev–Trinajstić information content (AvgIpc) is 2.83. The van der Waals surface area contributed by atoms with Crippen LogP contribution < -0.4 is 10.6 Å². The molecule has 1 aromatic heterocycles. The molecule has 1 aromatic carbocycles. The Kier molecular flexibility index (Phi) is 3.87. The molecule has 0 saturated carbocycles. The van der Waals surface area contributed by atoms with Gasteiger partial charge < -0.3 is 5.32 Å². The predicted octanol–water partition coefficient (Wildman–Crippen LogP) is 3.11. The standard InChI is InChI=1S/C14H14BrN3OS/c1-8-2-3-10(15)9(6-8)13(19)18-14-17-11-4-5-16-7-12(11)20-14/h2-3,6,16H,4-5,7H2,1H3,(H,17,18,19). The molecule has 6 heteroatoms. The number of halogens is 1. The molecule has 1 aliphatic heterocycles. The number of hydrogen-bond donors (Lipinski definition) is 2. The number of nitrogens with zero attached hydrogens (tertiary/aromatic N) is 1. The Bertz CT molecular complexity index is 645. The zero-order chi connectivity index (χ0) is 14.1. The van der Waals surface area contributed by atoms with Crippen LogP contribution in [0.25, 0.3) is 0 Å². The zero-order valence-electron chi connectivity index (χ0n) is 11.0. The zero-order valence-corrected chi connectivity index (χ0v) is 13.4. The summed E-state index contributed by atoms with van der Waals surface area (Å²) in [6.07, 6.45) is 0.926. The van der Waals surface area contributed by atoms with Crippen molar-refractivity contribution in [1.29, 1.82) is 0 Å². The minimum Gasteiger partial charge on any atom is -0.311 e. The van der Waals surface area contributed by atoms with Crippen molar-refractivity contribution in [3.63, 3.8) is 0 Å². The molecule has 104 valence electrons. The smallest absolute Gasteiger partial charge is 0.258 e. The van der Waals surface area contributed by atoms with Gasteiger partial charge in [-0.15, -0.1) is 11.3 Å². The number of nitrogens with one attached hydrogen (secondary N) is 2. The van der Waals surface area contributed by atoms with E-state index >= 15 is 0 Å². The van der Waals surface area contributed by atoms with E-state index in [0.29, 0.717) is 10.7 Å². The second-order valence-electron chi connectivity index (χ2n) is 4.75. The Labute approximate surface area is 129 Å². The van der Waals surface area contributed by atoms with Crippen LogP contribution in [0.15, 0.2) is 22.7 Å². The SMILES string of the molecule is Cc1ccc(Br)c(C(=O)Nc2nc3c(s2)CNCC3)c1. The summed E-state index contributed by atoms with van der Waals surface area (Å²) in [5, 5.41) is 6.88. The molecule has 0 spiro atoms. The van der Waals surface area contributed by atoms with Gasteiger partial charge >= 0.3 is 0 Å². The summed E-state index contributed by atoms with van der Waals surface area (Å²) in [7, 11) is 0. The van der Waals surface area contributed by atoms with Crippen molar-refractivity contribution in [3.05, 3.63) is 44.4 Å². The lowest BCUT2D eigenvalue weighted by Crippen LogP contribution is -2.22. The van der Waals surface area contributed by atoms with E-state index in [-0.39, 0.29) is 5.91 Å². The van der Waals surface area contributed by atoms with E-state index in [9.17, 15) is 4.79 Å². The number of fused-ring (bicyclic) bond motifs is 1. The van der Waals surface area contributed by atoms with Crippen molar-refractivity contribution in [2.75, 3.05) is 11.9 Å². The second-order valence-corrected chi connectivity index (χ2v) is 6.69. The molecular weight excluding hydrogens is 338 g/mol. The van der Waals surface area contributed by atoms with Crippen LogP contribution in [0.1, 0.15) is 26.5 Å². The van der Waals surface area contributed by atoms with Gasteiger partial charge in [0.1, 0.15) is 0 Å². The molecule has 2 aromatic rings. The van der Waals surface area contributed by atoms with Gasteiger partial charge in [-0.25, -0.2) is 4.98 Å². The Morgan fingerprint density at radius 1 is 1.50 bits per heavy atom. The Morgan fingerprint density at radius 2 is 2.35 bits per heavy atom. The molecular formula is C14H14BrN3OS. The number of rotatable bonds is 2. The molecule has 0 atom stereocenters. The van der Waals surface area contributed by atoms with Crippen LogP contribution >= 0.6 is 27.3 Å². The third-order valence-electron chi connectivity index (χ3n) is 3.19. The van der Waals surface area contributed by atoms with Crippen LogP contribution in [0.2, 0.25) is 0 Å². The summed E-state index contributed by atoms with van der Waals surface area (Å²) in [6.45, 7) is 3.77. The van der Waals surface area contributed by atoms with E-state index in [0.717, 1.165) is 35.2 Å². The Morgan fingerprint density at radius 3 is 3.15 bits per heavy atom. The molecule has 4 nitrogen and oxygen atoms in total. The van der Waals surface area contributed by atoms with Crippen molar-refractivity contribution in [2.24, 2.45) is 0 Å². The van der Waals surface area contributed by atoms with E-state index in [1.807, 2.05) is 25.1 Å². The molecule has 2 N–H and O–H groups in total. The fourth-order valence-electron chi connectivity index (χ4n) is 2.16. The van der Waals surface area contributed by atoms with Gasteiger partial charge in [0, 0.05) is 28.9 Å². The summed E-state index contributed by atoms with van der Waals surface area (Å²) in [5.41, 5.74) is 2.80. The predicted molar refractivity (Wildman–Crippen MR) is 84.4 cm³/mol. The van der Waals surface area contributed by atoms with E-state index in [1.165, 1.54) is 4.88 Å². The largest absolute Gasteiger partial charge is 0.311 e. The lowest BCUT2D eigenvalue weighted by atomic mass is 10.1. The number of aryl methyl sites for hydroxylation is 1. The van der Waals surface area contributed by atoms with Crippen LogP contribution in [0.5, 0.6) is 0 Å². The van der Waals surface area contributed by atoms with Gasteiger partial charge in [-0.05, 0) is 35.0 Å². The summed E-state index contributed by atoms with van der Waals surface area (Å²) in [6, 6.07) is 5.73. The van der Waals surface area contributed by atoms with Crippen LogP contribution in [0.3, 0.4) is 0 Å². The number of thiazole rings is 1. The minimum atomic E-state index is -0.125. The first-order chi connectivity index (χ1) is 9.63. The summed E-state index contributed by atoms with van der Waals surface area (Å²) < 4.78 is 0.795. The fourth-order valence-corrected chi connectivity index (χ4v) is 3.56. The molecule has 3 rings (SSSR count). The highest BCUT2D eigenvalue weighted by atomic mass is 79.9. The number of benzene rings is 1. The van der Waals surface area contributed by atoms with Gasteiger partial charge in [0.05, 0.1) is 11.3 Å². The van der Waals surface area contributed by atoms with Crippen molar-refractivity contribution < 1.29 is 4.79 Å². The van der Waals surface area contributed by atoms with Gasteiger partial charge in [-0.1, -0.05) is 11.6 Å². The van der Waals surface area contributed by atoms with E-state index in [2.05, 4.69) is 31.5 Å². The fraction of sp³-hybridized carbons (Fsp3) is 0.286. The first-order valence-corrected chi connectivity index (χ1v) is 8.01.